The van der Waals surface area contributed by atoms with Crippen molar-refractivity contribution in [3.8, 4) is 0 Å². The van der Waals surface area contributed by atoms with Crippen LogP contribution in [0.4, 0.5) is 0 Å². The second kappa shape index (κ2) is 10.6. The smallest absolute Gasteiger partial charge is 0.253 e. The summed E-state index contributed by atoms with van der Waals surface area (Å²) in [5, 5.41) is 2.65. The lowest BCUT2D eigenvalue weighted by Gasteiger charge is -2.26. The fraction of sp³-hybridized carbons (Fsp3) is 0.611. The fourth-order valence-electron chi connectivity index (χ4n) is 2.81. The minimum absolute atomic E-state index is 0.0132. The molecule has 0 radical (unpaired) electrons. The number of carbonyl (C=O) groups excluding carboxylic acids is 5. The predicted octanol–water partition coefficient (Wildman–Crippen LogP) is -0.594. The van der Waals surface area contributed by atoms with Crippen molar-refractivity contribution in [3.05, 3.63) is 12.2 Å². The third kappa shape index (κ3) is 6.93. The highest BCUT2D eigenvalue weighted by Gasteiger charge is 2.22. The van der Waals surface area contributed by atoms with Crippen LogP contribution in [-0.2, 0) is 28.7 Å². The summed E-state index contributed by atoms with van der Waals surface area (Å²) in [7, 11) is 0. The monoisotopic (exact) mass is 379 g/mol. The van der Waals surface area contributed by atoms with Gasteiger partial charge in [0.05, 0.1) is 13.0 Å². The van der Waals surface area contributed by atoms with Gasteiger partial charge in [-0.3, -0.25) is 28.9 Å². The van der Waals surface area contributed by atoms with Gasteiger partial charge in [-0.15, -0.1) is 0 Å². The van der Waals surface area contributed by atoms with Crippen LogP contribution >= 0.6 is 0 Å². The lowest BCUT2D eigenvalue weighted by molar-refractivity contribution is -0.137. The normalized spacial score (nSPS) is 17.0. The maximum Gasteiger partial charge on any atom is 0.253 e. The molecule has 4 amide bonds. The van der Waals surface area contributed by atoms with Crippen LogP contribution in [0.25, 0.3) is 0 Å². The zero-order valence-corrected chi connectivity index (χ0v) is 15.3. The zero-order valence-electron chi connectivity index (χ0n) is 15.3. The molecule has 27 heavy (non-hydrogen) atoms. The number of piperidine rings is 1. The van der Waals surface area contributed by atoms with Crippen LogP contribution in [0.2, 0.25) is 0 Å². The maximum atomic E-state index is 11.9. The Morgan fingerprint density at radius 1 is 1.00 bits per heavy atom. The SMILES string of the molecule is O=C1CCN(C(=O)CCOCCCC(=O)NCCN2C(=O)C=CC2=O)CC1. The molecule has 0 aromatic carbocycles. The van der Waals surface area contributed by atoms with Gasteiger partial charge in [-0.25, -0.2) is 0 Å². The third-order valence-corrected chi connectivity index (χ3v) is 4.38. The van der Waals surface area contributed by atoms with E-state index in [9.17, 15) is 24.0 Å². The van der Waals surface area contributed by atoms with Crippen molar-refractivity contribution in [2.24, 2.45) is 0 Å². The summed E-state index contributed by atoms with van der Waals surface area (Å²) < 4.78 is 5.38. The topological polar surface area (TPSA) is 113 Å². The molecule has 1 saturated heterocycles. The molecule has 0 spiro atoms. The summed E-state index contributed by atoms with van der Waals surface area (Å²) >= 11 is 0. The largest absolute Gasteiger partial charge is 0.381 e. The van der Waals surface area contributed by atoms with Gasteiger partial charge in [-0.2, -0.15) is 0 Å². The molecule has 9 nitrogen and oxygen atoms in total. The maximum absolute atomic E-state index is 11.9. The Morgan fingerprint density at radius 3 is 2.33 bits per heavy atom. The molecular weight excluding hydrogens is 354 g/mol. The minimum atomic E-state index is -0.367. The van der Waals surface area contributed by atoms with Gasteiger partial charge in [0, 0.05) is 64.2 Å². The Balaban J connectivity index is 1.45. The number of rotatable bonds is 10. The van der Waals surface area contributed by atoms with Crippen molar-refractivity contribution in [2.75, 3.05) is 39.4 Å². The van der Waals surface area contributed by atoms with E-state index >= 15 is 0 Å². The number of nitrogens with one attached hydrogen (secondary N) is 1. The van der Waals surface area contributed by atoms with Crippen molar-refractivity contribution in [2.45, 2.75) is 32.1 Å². The van der Waals surface area contributed by atoms with E-state index < -0.39 is 0 Å². The zero-order chi connectivity index (χ0) is 19.6. The molecule has 1 fully saturated rings. The van der Waals surface area contributed by atoms with E-state index in [1.165, 1.54) is 12.2 Å². The van der Waals surface area contributed by atoms with Crippen LogP contribution in [0.1, 0.15) is 32.1 Å². The highest BCUT2D eigenvalue weighted by molar-refractivity contribution is 6.12. The molecule has 0 aliphatic carbocycles. The van der Waals surface area contributed by atoms with Crippen molar-refractivity contribution < 1.29 is 28.7 Å². The number of carbonyl (C=O) groups is 5. The Morgan fingerprint density at radius 2 is 1.67 bits per heavy atom. The van der Waals surface area contributed by atoms with Gasteiger partial charge >= 0.3 is 0 Å². The standard InChI is InChI=1S/C18H25N3O6/c22-14-5-9-20(10-6-14)16(24)7-13-27-12-1-2-15(23)19-8-11-21-17(25)3-4-18(21)26/h3-4H,1-2,5-13H2,(H,19,23). The lowest BCUT2D eigenvalue weighted by atomic mass is 10.1. The van der Waals surface area contributed by atoms with Gasteiger partial charge in [0.2, 0.25) is 11.8 Å². The molecule has 2 aliphatic rings. The van der Waals surface area contributed by atoms with Gasteiger partial charge in [0.25, 0.3) is 11.8 Å². The van der Waals surface area contributed by atoms with Crippen LogP contribution in [0.3, 0.4) is 0 Å². The minimum Gasteiger partial charge on any atom is -0.381 e. The summed E-state index contributed by atoms with van der Waals surface area (Å²) in [6.07, 6.45) is 4.32. The van der Waals surface area contributed by atoms with E-state index in [4.69, 9.17) is 4.74 Å². The molecule has 2 heterocycles. The van der Waals surface area contributed by atoms with Gasteiger partial charge in [-0.05, 0) is 6.42 Å². The Bertz CT molecular complexity index is 603. The average Bonchev–Trinajstić information content (AvgIpc) is 2.97. The fourth-order valence-corrected chi connectivity index (χ4v) is 2.81. The molecule has 148 valence electrons. The molecule has 0 aromatic heterocycles. The number of Topliss-reactive ketones (excluding diaryl/α,β-unsaturated/α-hetero) is 1. The number of hydrogen-bond acceptors (Lipinski definition) is 6. The second-order valence-corrected chi connectivity index (χ2v) is 6.40. The average molecular weight is 379 g/mol. The highest BCUT2D eigenvalue weighted by atomic mass is 16.5. The summed E-state index contributed by atoms with van der Waals surface area (Å²) in [5.41, 5.74) is 0. The van der Waals surface area contributed by atoms with Crippen molar-refractivity contribution in [1.82, 2.24) is 15.1 Å². The van der Waals surface area contributed by atoms with Crippen LogP contribution in [0.15, 0.2) is 12.2 Å². The molecule has 0 bridgehead atoms. The van der Waals surface area contributed by atoms with Crippen LogP contribution < -0.4 is 5.32 Å². The number of ketones is 1. The molecule has 9 heteroatoms. The molecule has 2 rings (SSSR count). The van der Waals surface area contributed by atoms with E-state index in [-0.39, 0.29) is 62.0 Å². The van der Waals surface area contributed by atoms with Crippen LogP contribution in [0.5, 0.6) is 0 Å². The Labute approximate surface area is 157 Å². The number of amides is 4. The summed E-state index contributed by atoms with van der Waals surface area (Å²) in [6, 6.07) is 0. The van der Waals surface area contributed by atoms with Crippen molar-refractivity contribution in [3.63, 3.8) is 0 Å². The van der Waals surface area contributed by atoms with Crippen LogP contribution in [0, 0.1) is 0 Å². The molecule has 0 unspecified atom stereocenters. The number of hydrogen-bond donors (Lipinski definition) is 1. The highest BCUT2D eigenvalue weighted by Crippen LogP contribution is 2.07. The number of nitrogens with zero attached hydrogens (tertiary/aromatic N) is 2. The first-order valence-corrected chi connectivity index (χ1v) is 9.15. The van der Waals surface area contributed by atoms with Gasteiger partial charge < -0.3 is 15.0 Å². The predicted molar refractivity (Wildman–Crippen MR) is 94.4 cm³/mol. The number of ether oxygens (including phenoxy) is 1. The molecule has 1 N–H and O–H groups in total. The van der Waals surface area contributed by atoms with Gasteiger partial charge in [0.1, 0.15) is 5.78 Å². The van der Waals surface area contributed by atoms with E-state index in [0.717, 1.165) is 4.90 Å². The Hall–Kier alpha value is -2.55. The molecule has 0 saturated carbocycles. The Kier molecular flexibility index (Phi) is 8.12. The first-order valence-electron chi connectivity index (χ1n) is 9.15. The van der Waals surface area contributed by atoms with E-state index in [1.807, 2.05) is 0 Å². The quantitative estimate of drug-likeness (QED) is 0.401. The summed E-state index contributed by atoms with van der Waals surface area (Å²) in [4.78, 5) is 60.2. The van der Waals surface area contributed by atoms with E-state index in [1.54, 1.807) is 4.90 Å². The van der Waals surface area contributed by atoms with Gasteiger partial charge in [-0.1, -0.05) is 0 Å². The molecule has 0 atom stereocenters. The summed E-state index contributed by atoms with van der Waals surface area (Å²) in [5.74, 6) is -0.731. The van der Waals surface area contributed by atoms with Crippen LogP contribution in [-0.4, -0.2) is 78.6 Å². The number of likely N-dealkylation sites (tertiary alicyclic amines) is 1. The van der Waals surface area contributed by atoms with Crippen molar-refractivity contribution >= 4 is 29.4 Å². The molecule has 0 aromatic rings. The number of imide groups is 1. The van der Waals surface area contributed by atoms with Crippen molar-refractivity contribution in [1.29, 1.82) is 0 Å². The van der Waals surface area contributed by atoms with E-state index in [0.29, 0.717) is 39.0 Å². The van der Waals surface area contributed by atoms with E-state index in [2.05, 4.69) is 5.32 Å². The third-order valence-electron chi connectivity index (χ3n) is 4.38. The lowest BCUT2D eigenvalue weighted by Crippen LogP contribution is -2.39. The first kappa shape index (κ1) is 20.8. The first-order chi connectivity index (χ1) is 13.0. The second-order valence-electron chi connectivity index (χ2n) is 6.40. The van der Waals surface area contributed by atoms with Gasteiger partial charge in [0.15, 0.2) is 0 Å². The molecule has 2 aliphatic heterocycles. The molecular formula is C18H25N3O6. The summed E-state index contributed by atoms with van der Waals surface area (Å²) in [6.45, 7) is 2.00.